The molecule has 0 amide bonds. The van der Waals surface area contributed by atoms with Crippen LogP contribution in [0.2, 0.25) is 5.02 Å². The molecule has 2 nitrogen and oxygen atoms in total. The van der Waals surface area contributed by atoms with Crippen LogP contribution in [0.5, 0.6) is 0 Å². The Kier molecular flexibility index (Phi) is 6.14. The Morgan fingerprint density at radius 3 is 2.79 bits per heavy atom. The monoisotopic (exact) mass is 344 g/mol. The van der Waals surface area contributed by atoms with Gasteiger partial charge in [0.05, 0.1) is 0 Å². The fourth-order valence-corrected chi connectivity index (χ4v) is 3.37. The molecule has 1 heterocycles. The summed E-state index contributed by atoms with van der Waals surface area (Å²) in [6.07, 6.45) is 3.99. The van der Waals surface area contributed by atoms with Gasteiger partial charge < -0.3 is 10.2 Å². The first kappa shape index (κ1) is 15.3. The van der Waals surface area contributed by atoms with Gasteiger partial charge in [-0.1, -0.05) is 33.6 Å². The highest BCUT2D eigenvalue weighted by molar-refractivity contribution is 9.10. The highest BCUT2D eigenvalue weighted by Gasteiger charge is 2.15. The van der Waals surface area contributed by atoms with Crippen LogP contribution >= 0.6 is 27.5 Å². The molecule has 19 heavy (non-hydrogen) atoms. The van der Waals surface area contributed by atoms with E-state index in [4.69, 9.17) is 11.6 Å². The summed E-state index contributed by atoms with van der Waals surface area (Å²) in [5.41, 5.74) is 1.27. The zero-order chi connectivity index (χ0) is 13.7. The first-order chi connectivity index (χ1) is 9.15. The molecule has 0 spiro atoms. The minimum absolute atomic E-state index is 0.780. The Labute approximate surface area is 129 Å². The van der Waals surface area contributed by atoms with E-state index in [1.807, 2.05) is 12.1 Å². The molecular weight excluding hydrogens is 324 g/mol. The predicted octanol–water partition coefficient (Wildman–Crippen LogP) is 3.92. The molecule has 0 unspecified atom stereocenters. The van der Waals surface area contributed by atoms with Crippen LogP contribution in [0.3, 0.4) is 0 Å². The second-order valence-electron chi connectivity index (χ2n) is 5.45. The SMILES string of the molecule is CN1CCC(CCNCc2ccc(Cl)cc2Br)CC1. The molecule has 1 aromatic carbocycles. The van der Waals surface area contributed by atoms with Crippen LogP contribution in [0.15, 0.2) is 22.7 Å². The van der Waals surface area contributed by atoms with Crippen molar-refractivity contribution in [2.45, 2.75) is 25.8 Å². The van der Waals surface area contributed by atoms with Crippen LogP contribution in [0.4, 0.5) is 0 Å². The van der Waals surface area contributed by atoms with Crippen LogP contribution < -0.4 is 5.32 Å². The van der Waals surface area contributed by atoms with Crippen molar-refractivity contribution in [1.29, 1.82) is 0 Å². The summed E-state index contributed by atoms with van der Waals surface area (Å²) >= 11 is 9.49. The maximum atomic E-state index is 5.94. The smallest absolute Gasteiger partial charge is 0.0417 e. The molecule has 4 heteroatoms. The summed E-state index contributed by atoms with van der Waals surface area (Å²) in [6.45, 7) is 4.52. The molecule has 0 aliphatic carbocycles. The molecule has 1 aromatic rings. The summed E-state index contributed by atoms with van der Waals surface area (Å²) in [5.74, 6) is 0.900. The van der Waals surface area contributed by atoms with Crippen LogP contribution in [0.25, 0.3) is 0 Å². The van der Waals surface area contributed by atoms with E-state index in [9.17, 15) is 0 Å². The largest absolute Gasteiger partial charge is 0.313 e. The lowest BCUT2D eigenvalue weighted by molar-refractivity contribution is 0.211. The van der Waals surface area contributed by atoms with E-state index in [2.05, 4.69) is 39.3 Å². The van der Waals surface area contributed by atoms with Gasteiger partial charge in [0.25, 0.3) is 0 Å². The third kappa shape index (κ3) is 5.07. The number of benzene rings is 1. The Morgan fingerprint density at radius 1 is 1.37 bits per heavy atom. The number of halogens is 2. The van der Waals surface area contributed by atoms with Gasteiger partial charge in [0.2, 0.25) is 0 Å². The topological polar surface area (TPSA) is 15.3 Å². The second-order valence-corrected chi connectivity index (χ2v) is 6.74. The van der Waals surface area contributed by atoms with Crippen LogP contribution in [-0.4, -0.2) is 31.6 Å². The average molecular weight is 346 g/mol. The molecule has 0 atom stereocenters. The summed E-state index contributed by atoms with van der Waals surface area (Å²) in [5, 5.41) is 4.31. The highest BCUT2D eigenvalue weighted by Crippen LogP contribution is 2.22. The van der Waals surface area contributed by atoms with E-state index >= 15 is 0 Å². The van der Waals surface area contributed by atoms with Gasteiger partial charge in [0.1, 0.15) is 0 Å². The third-order valence-electron chi connectivity index (χ3n) is 3.90. The zero-order valence-electron chi connectivity index (χ0n) is 11.5. The molecule has 0 radical (unpaired) electrons. The van der Waals surface area contributed by atoms with Gasteiger partial charge in [-0.25, -0.2) is 0 Å². The lowest BCUT2D eigenvalue weighted by atomic mass is 9.94. The first-order valence-corrected chi connectivity index (χ1v) is 8.15. The van der Waals surface area contributed by atoms with E-state index in [0.717, 1.165) is 28.5 Å². The lowest BCUT2D eigenvalue weighted by Crippen LogP contribution is -2.31. The van der Waals surface area contributed by atoms with E-state index in [-0.39, 0.29) is 0 Å². The summed E-state index contributed by atoms with van der Waals surface area (Å²) in [7, 11) is 2.21. The normalized spacial score (nSPS) is 17.8. The van der Waals surface area contributed by atoms with E-state index in [1.54, 1.807) is 0 Å². The molecule has 1 aliphatic heterocycles. The lowest BCUT2D eigenvalue weighted by Gasteiger charge is -2.28. The molecular formula is C15H22BrClN2. The quantitative estimate of drug-likeness (QED) is 0.814. The molecule has 0 bridgehead atoms. The van der Waals surface area contributed by atoms with E-state index in [1.165, 1.54) is 37.9 Å². The number of likely N-dealkylation sites (tertiary alicyclic amines) is 1. The molecule has 0 saturated carbocycles. The Hall–Kier alpha value is -0.0900. The number of nitrogens with one attached hydrogen (secondary N) is 1. The molecule has 1 saturated heterocycles. The van der Waals surface area contributed by atoms with Gasteiger partial charge in [0, 0.05) is 16.0 Å². The van der Waals surface area contributed by atoms with Crippen LogP contribution in [-0.2, 0) is 6.54 Å². The predicted molar refractivity (Wildman–Crippen MR) is 85.7 cm³/mol. The molecule has 2 rings (SSSR count). The number of hydrogen-bond acceptors (Lipinski definition) is 2. The summed E-state index contributed by atoms with van der Waals surface area (Å²) < 4.78 is 1.09. The van der Waals surface area contributed by atoms with Gasteiger partial charge in [-0.05, 0) is 69.6 Å². The zero-order valence-corrected chi connectivity index (χ0v) is 13.8. The van der Waals surface area contributed by atoms with E-state index in [0.29, 0.717) is 0 Å². The molecule has 1 fully saturated rings. The Morgan fingerprint density at radius 2 is 2.11 bits per heavy atom. The van der Waals surface area contributed by atoms with Crippen molar-refractivity contribution >= 4 is 27.5 Å². The highest BCUT2D eigenvalue weighted by atomic mass is 79.9. The Balaban J connectivity index is 1.66. The second kappa shape index (κ2) is 7.63. The standard InChI is InChI=1S/C15H22BrClN2/c1-19-8-5-12(6-9-19)4-7-18-11-13-2-3-14(17)10-15(13)16/h2-3,10,12,18H,4-9,11H2,1H3. The van der Waals surface area contributed by atoms with Crippen molar-refractivity contribution in [1.82, 2.24) is 10.2 Å². The van der Waals surface area contributed by atoms with Crippen molar-refractivity contribution in [3.63, 3.8) is 0 Å². The number of rotatable bonds is 5. The molecule has 106 valence electrons. The van der Waals surface area contributed by atoms with Gasteiger partial charge >= 0.3 is 0 Å². The molecule has 1 N–H and O–H groups in total. The van der Waals surface area contributed by atoms with E-state index < -0.39 is 0 Å². The van der Waals surface area contributed by atoms with Crippen molar-refractivity contribution in [2.24, 2.45) is 5.92 Å². The number of nitrogens with zero attached hydrogens (tertiary/aromatic N) is 1. The fourth-order valence-electron chi connectivity index (χ4n) is 2.55. The third-order valence-corrected chi connectivity index (χ3v) is 4.87. The fraction of sp³-hybridized carbons (Fsp3) is 0.600. The van der Waals surface area contributed by atoms with Gasteiger partial charge in [-0.15, -0.1) is 0 Å². The van der Waals surface area contributed by atoms with Gasteiger partial charge in [-0.2, -0.15) is 0 Å². The summed E-state index contributed by atoms with van der Waals surface area (Å²) in [6, 6.07) is 5.98. The van der Waals surface area contributed by atoms with Crippen molar-refractivity contribution in [2.75, 3.05) is 26.7 Å². The average Bonchev–Trinajstić information content (AvgIpc) is 2.39. The molecule has 1 aliphatic rings. The first-order valence-electron chi connectivity index (χ1n) is 6.98. The minimum atomic E-state index is 0.780. The van der Waals surface area contributed by atoms with Crippen LogP contribution in [0.1, 0.15) is 24.8 Å². The Bertz CT molecular complexity index is 403. The van der Waals surface area contributed by atoms with Crippen LogP contribution in [0, 0.1) is 5.92 Å². The van der Waals surface area contributed by atoms with Crippen molar-refractivity contribution < 1.29 is 0 Å². The maximum Gasteiger partial charge on any atom is 0.0417 e. The van der Waals surface area contributed by atoms with Crippen molar-refractivity contribution in [3.8, 4) is 0 Å². The van der Waals surface area contributed by atoms with Crippen molar-refractivity contribution in [3.05, 3.63) is 33.3 Å². The van der Waals surface area contributed by atoms with Gasteiger partial charge in [-0.3, -0.25) is 0 Å². The number of hydrogen-bond donors (Lipinski definition) is 1. The number of piperidine rings is 1. The summed E-state index contributed by atoms with van der Waals surface area (Å²) in [4.78, 5) is 2.43. The minimum Gasteiger partial charge on any atom is -0.313 e. The van der Waals surface area contributed by atoms with Gasteiger partial charge in [0.15, 0.2) is 0 Å². The molecule has 0 aromatic heterocycles. The maximum absolute atomic E-state index is 5.94.